The molecule has 1 aromatic heterocycles. The van der Waals surface area contributed by atoms with Gasteiger partial charge in [0.15, 0.2) is 11.5 Å². The summed E-state index contributed by atoms with van der Waals surface area (Å²) in [6.45, 7) is 5.33. The van der Waals surface area contributed by atoms with Gasteiger partial charge >= 0.3 is 5.00 Å². The van der Waals surface area contributed by atoms with Crippen LogP contribution in [0.1, 0.15) is 29.1 Å². The number of carbonyl (C=O) groups excluding carboxylic acids is 1. The summed E-state index contributed by atoms with van der Waals surface area (Å²) in [4.78, 5) is 22.5. The minimum absolute atomic E-state index is 0.0435. The number of hydrogen-bond donors (Lipinski definition) is 1. The van der Waals surface area contributed by atoms with Gasteiger partial charge in [-0.2, -0.15) is 0 Å². The van der Waals surface area contributed by atoms with Crippen LogP contribution in [0.25, 0.3) is 0 Å². The molecule has 25 heavy (non-hydrogen) atoms. The van der Waals surface area contributed by atoms with Crippen LogP contribution in [0, 0.1) is 10.1 Å². The first-order valence-electron chi connectivity index (χ1n) is 7.96. The molecule has 1 amide bonds. The fraction of sp³-hybridized carbons (Fsp3) is 0.353. The number of carbonyl (C=O) groups is 1. The Morgan fingerprint density at radius 2 is 1.88 bits per heavy atom. The molecule has 0 aliphatic carbocycles. The molecule has 2 aromatic rings. The molecule has 0 unspecified atom stereocenters. The minimum atomic E-state index is -0.503. The highest BCUT2D eigenvalue weighted by atomic mass is 32.1. The van der Waals surface area contributed by atoms with Crippen molar-refractivity contribution < 1.29 is 19.2 Å². The highest BCUT2D eigenvalue weighted by Crippen LogP contribution is 2.28. The summed E-state index contributed by atoms with van der Waals surface area (Å²) in [5, 5.41) is 13.4. The zero-order valence-electron chi connectivity index (χ0n) is 14.1. The lowest BCUT2D eigenvalue weighted by molar-refractivity contribution is -0.380. The molecule has 1 aromatic carbocycles. The van der Waals surface area contributed by atoms with Gasteiger partial charge in [-0.1, -0.05) is 17.4 Å². The molecule has 8 heteroatoms. The molecule has 0 saturated carbocycles. The van der Waals surface area contributed by atoms with Gasteiger partial charge in [0.2, 0.25) is 0 Å². The summed E-state index contributed by atoms with van der Waals surface area (Å²) < 4.78 is 11.1. The van der Waals surface area contributed by atoms with Gasteiger partial charge in [-0.3, -0.25) is 14.9 Å². The molecule has 0 saturated heterocycles. The average molecular weight is 364 g/mol. The Kier molecular flexibility index (Phi) is 6.76. The Bertz CT molecular complexity index is 744. The lowest BCUT2D eigenvalue weighted by Crippen LogP contribution is -2.24. The number of nitro groups is 1. The lowest BCUT2D eigenvalue weighted by Gasteiger charge is -2.12. The number of nitrogens with one attached hydrogen (secondary N) is 1. The Morgan fingerprint density at radius 3 is 2.52 bits per heavy atom. The highest BCUT2D eigenvalue weighted by Gasteiger charge is 2.15. The minimum Gasteiger partial charge on any atom is -0.490 e. The van der Waals surface area contributed by atoms with Gasteiger partial charge in [0.1, 0.15) is 0 Å². The maximum absolute atomic E-state index is 12.0. The zero-order valence-corrected chi connectivity index (χ0v) is 14.9. The number of amides is 1. The van der Waals surface area contributed by atoms with E-state index in [1.807, 2.05) is 32.0 Å². The first-order chi connectivity index (χ1) is 12.0. The fourth-order valence-electron chi connectivity index (χ4n) is 2.21. The number of thiophene rings is 1. The predicted octanol–water partition coefficient (Wildman–Crippen LogP) is 3.43. The van der Waals surface area contributed by atoms with E-state index in [1.54, 1.807) is 0 Å². The number of rotatable bonds is 9. The Labute approximate surface area is 149 Å². The van der Waals surface area contributed by atoms with Gasteiger partial charge < -0.3 is 14.8 Å². The molecule has 2 rings (SSSR count). The van der Waals surface area contributed by atoms with Crippen LogP contribution in [0.5, 0.6) is 11.5 Å². The molecule has 1 N–H and O–H groups in total. The number of hydrogen-bond acceptors (Lipinski definition) is 6. The zero-order chi connectivity index (χ0) is 18.2. The second-order valence-electron chi connectivity index (χ2n) is 5.05. The van der Waals surface area contributed by atoms with E-state index in [-0.39, 0.29) is 10.9 Å². The Balaban J connectivity index is 1.93. The van der Waals surface area contributed by atoms with Crippen molar-refractivity contribution in [2.45, 2.75) is 20.3 Å². The van der Waals surface area contributed by atoms with E-state index in [0.717, 1.165) is 16.9 Å². The van der Waals surface area contributed by atoms with Gasteiger partial charge in [0.25, 0.3) is 5.91 Å². The molecule has 0 aliphatic rings. The third-order valence-corrected chi connectivity index (χ3v) is 4.34. The molecule has 0 radical (unpaired) electrons. The molecular formula is C17H20N2O5S. The van der Waals surface area contributed by atoms with Gasteiger partial charge in [-0.05, 0) is 44.0 Å². The Morgan fingerprint density at radius 1 is 1.16 bits per heavy atom. The van der Waals surface area contributed by atoms with Crippen molar-refractivity contribution in [2.75, 3.05) is 19.8 Å². The van der Waals surface area contributed by atoms with Gasteiger partial charge in [-0.25, -0.2) is 0 Å². The number of ether oxygens (including phenoxy) is 2. The molecule has 7 nitrogen and oxygen atoms in total. The Hall–Kier alpha value is -2.61. The maximum atomic E-state index is 12.0. The summed E-state index contributed by atoms with van der Waals surface area (Å²) in [6.07, 6.45) is 0.617. The van der Waals surface area contributed by atoms with E-state index in [9.17, 15) is 14.9 Å². The SMILES string of the molecule is CCOc1ccc(CCNC(=O)c2ccc([N+](=O)[O-])s2)cc1OCC. The molecule has 1 heterocycles. The highest BCUT2D eigenvalue weighted by molar-refractivity contribution is 7.17. The molecule has 0 atom stereocenters. The third kappa shape index (κ3) is 5.18. The summed E-state index contributed by atoms with van der Waals surface area (Å²) in [5.74, 6) is 1.07. The van der Waals surface area contributed by atoms with Crippen molar-refractivity contribution in [2.24, 2.45) is 0 Å². The van der Waals surface area contributed by atoms with Crippen LogP contribution in [0.3, 0.4) is 0 Å². The molecule has 134 valence electrons. The average Bonchev–Trinajstić information content (AvgIpc) is 3.08. The smallest absolute Gasteiger partial charge is 0.324 e. The van der Waals surface area contributed by atoms with Gasteiger partial charge in [-0.15, -0.1) is 0 Å². The summed E-state index contributed by atoms with van der Waals surface area (Å²) in [5.41, 5.74) is 1.00. The predicted molar refractivity (Wildman–Crippen MR) is 95.8 cm³/mol. The first kappa shape index (κ1) is 18.7. The van der Waals surface area contributed by atoms with Crippen LogP contribution in [-0.2, 0) is 6.42 Å². The molecule has 0 aliphatic heterocycles. The van der Waals surface area contributed by atoms with Crippen molar-refractivity contribution in [3.05, 3.63) is 50.9 Å². The van der Waals surface area contributed by atoms with Crippen molar-refractivity contribution >= 4 is 22.2 Å². The van der Waals surface area contributed by atoms with Crippen LogP contribution in [0.15, 0.2) is 30.3 Å². The van der Waals surface area contributed by atoms with Crippen molar-refractivity contribution in [3.63, 3.8) is 0 Å². The fourth-order valence-corrected chi connectivity index (χ4v) is 2.94. The van der Waals surface area contributed by atoms with Crippen molar-refractivity contribution in [1.29, 1.82) is 0 Å². The van der Waals surface area contributed by atoms with E-state index in [1.165, 1.54) is 12.1 Å². The van der Waals surface area contributed by atoms with E-state index in [2.05, 4.69) is 5.32 Å². The maximum Gasteiger partial charge on any atom is 0.324 e. The van der Waals surface area contributed by atoms with Crippen LogP contribution >= 0.6 is 11.3 Å². The summed E-state index contributed by atoms with van der Waals surface area (Å²) >= 11 is 0.864. The quantitative estimate of drug-likeness (QED) is 0.544. The molecule has 0 fully saturated rings. The second-order valence-corrected chi connectivity index (χ2v) is 6.11. The van der Waals surface area contributed by atoms with Crippen LogP contribution in [0.4, 0.5) is 5.00 Å². The van der Waals surface area contributed by atoms with E-state index in [4.69, 9.17) is 9.47 Å². The second kappa shape index (κ2) is 9.03. The van der Waals surface area contributed by atoms with Crippen LogP contribution < -0.4 is 14.8 Å². The molecular weight excluding hydrogens is 344 g/mol. The summed E-state index contributed by atoms with van der Waals surface area (Å²) in [6, 6.07) is 8.48. The monoisotopic (exact) mass is 364 g/mol. The third-order valence-electron chi connectivity index (χ3n) is 3.30. The van der Waals surface area contributed by atoms with E-state index in [0.29, 0.717) is 42.6 Å². The standard InChI is InChI=1S/C17H20N2O5S/c1-3-23-13-6-5-12(11-14(13)24-4-2)9-10-18-17(20)15-7-8-16(25-15)19(21)22/h5-8,11H,3-4,9-10H2,1-2H3,(H,18,20). The van der Waals surface area contributed by atoms with Crippen LogP contribution in [-0.4, -0.2) is 30.6 Å². The summed E-state index contributed by atoms with van der Waals surface area (Å²) in [7, 11) is 0. The van der Waals surface area contributed by atoms with E-state index < -0.39 is 4.92 Å². The van der Waals surface area contributed by atoms with Crippen molar-refractivity contribution in [3.8, 4) is 11.5 Å². The lowest BCUT2D eigenvalue weighted by atomic mass is 10.1. The molecule has 0 bridgehead atoms. The molecule has 0 spiro atoms. The topological polar surface area (TPSA) is 90.7 Å². The van der Waals surface area contributed by atoms with E-state index >= 15 is 0 Å². The number of nitrogens with zero attached hydrogens (tertiary/aromatic N) is 1. The van der Waals surface area contributed by atoms with Crippen molar-refractivity contribution in [1.82, 2.24) is 5.32 Å². The van der Waals surface area contributed by atoms with Gasteiger partial charge in [0.05, 0.1) is 23.0 Å². The largest absolute Gasteiger partial charge is 0.490 e. The normalized spacial score (nSPS) is 10.3. The van der Waals surface area contributed by atoms with Gasteiger partial charge in [0, 0.05) is 12.6 Å². The number of benzene rings is 1. The first-order valence-corrected chi connectivity index (χ1v) is 8.77. The van der Waals surface area contributed by atoms with Crippen LogP contribution in [0.2, 0.25) is 0 Å².